The Morgan fingerprint density at radius 1 is 1.36 bits per heavy atom. The van der Waals surface area contributed by atoms with Crippen LogP contribution in [0.15, 0.2) is 30.3 Å². The van der Waals surface area contributed by atoms with Crippen LogP contribution in [-0.2, 0) is 25.7 Å². The fourth-order valence-corrected chi connectivity index (χ4v) is 5.08. The standard InChI is InChI=1S/C17H20N2O5S/c1-17(2)12(15(21)22)19-13(20)10(14(19)25-17)11(18)16(23)24-8-9-6-4-3-5-7-9/h3-7,10-12,14H,8,18H2,1-2H3,(H,21,22)/t10-,11?,12-,14+/m0/s1. The highest BCUT2D eigenvalue weighted by Gasteiger charge is 2.65. The van der Waals surface area contributed by atoms with Gasteiger partial charge in [-0.2, -0.15) is 0 Å². The first kappa shape index (κ1) is 17.8. The van der Waals surface area contributed by atoms with Crippen LogP contribution in [-0.4, -0.2) is 50.1 Å². The van der Waals surface area contributed by atoms with Gasteiger partial charge >= 0.3 is 11.9 Å². The summed E-state index contributed by atoms with van der Waals surface area (Å²) in [6.45, 7) is 3.63. The number of nitrogens with two attached hydrogens (primary N) is 1. The van der Waals surface area contributed by atoms with Gasteiger partial charge < -0.3 is 20.5 Å². The van der Waals surface area contributed by atoms with Crippen molar-refractivity contribution in [3.05, 3.63) is 35.9 Å². The summed E-state index contributed by atoms with van der Waals surface area (Å²) in [5, 5.41) is 8.99. The quantitative estimate of drug-likeness (QED) is 0.588. The number of carboxylic acid groups (broad SMARTS) is 1. The van der Waals surface area contributed by atoms with Gasteiger partial charge in [-0.1, -0.05) is 30.3 Å². The molecule has 4 atom stereocenters. The number of carbonyl (C=O) groups is 3. The predicted molar refractivity (Wildman–Crippen MR) is 91.4 cm³/mol. The van der Waals surface area contributed by atoms with Crippen molar-refractivity contribution in [1.29, 1.82) is 0 Å². The van der Waals surface area contributed by atoms with Crippen molar-refractivity contribution in [2.24, 2.45) is 11.7 Å². The molecule has 2 saturated heterocycles. The molecule has 1 unspecified atom stereocenters. The zero-order chi connectivity index (χ0) is 18.4. The SMILES string of the molecule is CC1(C)S[C@@H]2[C@@H](C(N)C(=O)OCc3ccccc3)C(=O)N2[C@H]1C(=O)O. The summed E-state index contributed by atoms with van der Waals surface area (Å²) < 4.78 is 4.57. The van der Waals surface area contributed by atoms with Crippen molar-refractivity contribution < 1.29 is 24.2 Å². The summed E-state index contributed by atoms with van der Waals surface area (Å²) in [6, 6.07) is 7.15. The number of carboxylic acids is 1. The van der Waals surface area contributed by atoms with Gasteiger partial charge in [0.05, 0.1) is 11.3 Å². The molecular weight excluding hydrogens is 344 g/mol. The Morgan fingerprint density at radius 3 is 2.60 bits per heavy atom. The van der Waals surface area contributed by atoms with Crippen LogP contribution in [0, 0.1) is 5.92 Å². The normalized spacial score (nSPS) is 28.0. The molecule has 7 nitrogen and oxygen atoms in total. The minimum atomic E-state index is -1.10. The Balaban J connectivity index is 1.66. The lowest BCUT2D eigenvalue weighted by molar-refractivity contribution is -0.168. The number of esters is 1. The van der Waals surface area contributed by atoms with Crippen molar-refractivity contribution in [3.8, 4) is 0 Å². The molecule has 0 aliphatic carbocycles. The van der Waals surface area contributed by atoms with Crippen molar-refractivity contribution in [3.63, 3.8) is 0 Å². The Morgan fingerprint density at radius 2 is 2.00 bits per heavy atom. The van der Waals surface area contributed by atoms with Gasteiger partial charge in [-0.05, 0) is 19.4 Å². The Labute approximate surface area is 149 Å². The summed E-state index contributed by atoms with van der Waals surface area (Å²) in [5.74, 6) is -2.86. The highest BCUT2D eigenvalue weighted by atomic mass is 32.2. The van der Waals surface area contributed by atoms with Crippen LogP contribution >= 0.6 is 11.8 Å². The van der Waals surface area contributed by atoms with E-state index in [1.54, 1.807) is 13.8 Å². The molecule has 3 N–H and O–H groups in total. The van der Waals surface area contributed by atoms with E-state index in [4.69, 9.17) is 10.5 Å². The molecule has 0 radical (unpaired) electrons. The van der Waals surface area contributed by atoms with Crippen molar-refractivity contribution >= 4 is 29.6 Å². The molecule has 0 aromatic heterocycles. The molecule has 1 amide bonds. The second-order valence-corrected chi connectivity index (χ2v) is 8.51. The Hall–Kier alpha value is -2.06. The van der Waals surface area contributed by atoms with E-state index in [1.165, 1.54) is 16.7 Å². The number of rotatable bonds is 5. The lowest BCUT2D eigenvalue weighted by Gasteiger charge is -2.45. The monoisotopic (exact) mass is 364 g/mol. The average molecular weight is 364 g/mol. The summed E-state index contributed by atoms with van der Waals surface area (Å²) in [4.78, 5) is 37.5. The minimum Gasteiger partial charge on any atom is -0.480 e. The highest BCUT2D eigenvalue weighted by Crippen LogP contribution is 2.53. The first-order valence-electron chi connectivity index (χ1n) is 7.93. The number of β-lactam (4-membered cyclic amide) rings is 1. The molecule has 2 heterocycles. The van der Waals surface area contributed by atoms with Crippen LogP contribution in [0.5, 0.6) is 0 Å². The largest absolute Gasteiger partial charge is 0.480 e. The molecule has 2 fully saturated rings. The van der Waals surface area contributed by atoms with E-state index in [9.17, 15) is 19.5 Å². The second-order valence-electron chi connectivity index (χ2n) is 6.74. The summed E-state index contributed by atoms with van der Waals surface area (Å²) in [5.41, 5.74) is 6.79. The van der Waals surface area contributed by atoms with Crippen molar-refractivity contribution in [1.82, 2.24) is 4.90 Å². The van der Waals surface area contributed by atoms with Crippen LogP contribution in [0.3, 0.4) is 0 Å². The van der Waals surface area contributed by atoms with E-state index in [-0.39, 0.29) is 6.61 Å². The van der Waals surface area contributed by atoms with Gasteiger partial charge in [-0.15, -0.1) is 11.8 Å². The molecule has 1 aromatic rings. The molecule has 0 saturated carbocycles. The molecule has 2 aliphatic rings. The number of nitrogens with zero attached hydrogens (tertiary/aromatic N) is 1. The molecule has 8 heteroatoms. The number of hydrogen-bond acceptors (Lipinski definition) is 6. The highest BCUT2D eigenvalue weighted by molar-refractivity contribution is 8.01. The number of ether oxygens (including phenoxy) is 1. The summed E-state index contributed by atoms with van der Waals surface area (Å²) in [7, 11) is 0. The van der Waals surface area contributed by atoms with Crippen molar-refractivity contribution in [2.75, 3.05) is 0 Å². The lowest BCUT2D eigenvalue weighted by Crippen LogP contribution is -2.68. The minimum absolute atomic E-state index is 0.0824. The number of aliphatic carboxylic acids is 1. The third-order valence-electron chi connectivity index (χ3n) is 4.60. The Kier molecular flexibility index (Phi) is 4.51. The third kappa shape index (κ3) is 3.00. The van der Waals surface area contributed by atoms with Gasteiger partial charge in [0.25, 0.3) is 0 Å². The zero-order valence-electron chi connectivity index (χ0n) is 13.9. The van der Waals surface area contributed by atoms with Gasteiger partial charge in [0.15, 0.2) is 0 Å². The number of carbonyl (C=O) groups excluding carboxylic acids is 2. The van der Waals surface area contributed by atoms with Gasteiger partial charge in [0.2, 0.25) is 5.91 Å². The predicted octanol–water partition coefficient (Wildman–Crippen LogP) is 0.820. The Bertz CT molecular complexity index is 708. The number of thioether (sulfide) groups is 1. The van der Waals surface area contributed by atoms with Crippen LogP contribution in [0.1, 0.15) is 19.4 Å². The van der Waals surface area contributed by atoms with Crippen LogP contribution in [0.2, 0.25) is 0 Å². The molecule has 134 valence electrons. The smallest absolute Gasteiger partial charge is 0.327 e. The van der Waals surface area contributed by atoms with Gasteiger partial charge in [-0.3, -0.25) is 9.59 Å². The maximum absolute atomic E-state index is 12.4. The maximum atomic E-state index is 12.4. The number of fused-ring (bicyclic) bond motifs is 1. The molecular formula is C17H20N2O5S. The first-order valence-corrected chi connectivity index (χ1v) is 8.81. The van der Waals surface area contributed by atoms with E-state index in [1.807, 2.05) is 30.3 Å². The van der Waals surface area contributed by atoms with Crippen LogP contribution in [0.4, 0.5) is 0 Å². The van der Waals surface area contributed by atoms with Gasteiger partial charge in [0.1, 0.15) is 18.7 Å². The zero-order valence-corrected chi connectivity index (χ0v) is 14.7. The average Bonchev–Trinajstić information content (AvgIpc) is 2.81. The molecule has 0 spiro atoms. The summed E-state index contributed by atoms with van der Waals surface area (Å²) >= 11 is 1.36. The van der Waals surface area contributed by atoms with E-state index in [2.05, 4.69) is 0 Å². The maximum Gasteiger partial charge on any atom is 0.327 e. The topological polar surface area (TPSA) is 110 Å². The van der Waals surface area contributed by atoms with Crippen molar-refractivity contribution in [2.45, 2.75) is 42.7 Å². The lowest BCUT2D eigenvalue weighted by atomic mass is 9.87. The van der Waals surface area contributed by atoms with E-state index in [0.717, 1.165) is 5.56 Å². The molecule has 1 aromatic carbocycles. The molecule has 3 rings (SSSR count). The molecule has 0 bridgehead atoms. The number of amides is 1. The van der Waals surface area contributed by atoms with E-state index < -0.39 is 46.0 Å². The van der Waals surface area contributed by atoms with Crippen LogP contribution < -0.4 is 5.73 Å². The fourth-order valence-electron chi connectivity index (χ4n) is 3.34. The van der Waals surface area contributed by atoms with Gasteiger partial charge in [0, 0.05) is 4.75 Å². The fraction of sp³-hybridized carbons (Fsp3) is 0.471. The van der Waals surface area contributed by atoms with Crippen LogP contribution in [0.25, 0.3) is 0 Å². The van der Waals surface area contributed by atoms with E-state index in [0.29, 0.717) is 0 Å². The molecule has 2 aliphatic heterocycles. The van der Waals surface area contributed by atoms with E-state index >= 15 is 0 Å². The number of hydrogen-bond donors (Lipinski definition) is 2. The first-order chi connectivity index (χ1) is 11.7. The second kappa shape index (κ2) is 6.34. The summed E-state index contributed by atoms with van der Waals surface area (Å²) in [6.07, 6.45) is 0. The van der Waals surface area contributed by atoms with Gasteiger partial charge in [-0.25, -0.2) is 4.79 Å². The number of benzene rings is 1. The third-order valence-corrected chi connectivity index (χ3v) is 6.19. The molecule has 25 heavy (non-hydrogen) atoms.